The molecule has 0 unspecified atom stereocenters. The molecule has 0 aromatic heterocycles. The summed E-state index contributed by atoms with van der Waals surface area (Å²) in [6.07, 6.45) is 6.12. The third-order valence-corrected chi connectivity index (χ3v) is 4.50. The average Bonchev–Trinajstić information content (AvgIpc) is 2.91. The molecule has 1 fully saturated rings. The zero-order valence-electron chi connectivity index (χ0n) is 12.4. The fraction of sp³-hybridized carbons (Fsp3) is 0.588. The Bertz CT molecular complexity index is 452. The van der Waals surface area contributed by atoms with Crippen LogP contribution < -0.4 is 0 Å². The van der Waals surface area contributed by atoms with E-state index in [0.717, 1.165) is 29.8 Å². The van der Waals surface area contributed by atoms with Gasteiger partial charge in [-0.25, -0.2) is 0 Å². The van der Waals surface area contributed by atoms with Crippen molar-refractivity contribution in [1.82, 2.24) is 4.90 Å². The maximum atomic E-state index is 12.5. The zero-order chi connectivity index (χ0) is 14.5. The van der Waals surface area contributed by atoms with Crippen molar-refractivity contribution in [2.75, 3.05) is 0 Å². The first-order valence-corrected chi connectivity index (χ1v) is 8.02. The molecule has 1 amide bonds. The maximum absolute atomic E-state index is 12.5. The van der Waals surface area contributed by atoms with Crippen LogP contribution in [0.5, 0.6) is 0 Å². The van der Waals surface area contributed by atoms with Crippen molar-refractivity contribution < 1.29 is 4.79 Å². The van der Waals surface area contributed by atoms with E-state index in [1.165, 1.54) is 12.8 Å². The molecule has 110 valence electrons. The summed E-state index contributed by atoms with van der Waals surface area (Å²) >= 11 is 6.15. The van der Waals surface area contributed by atoms with Gasteiger partial charge in [0, 0.05) is 23.5 Å². The normalized spacial score (nSPS) is 15.8. The maximum Gasteiger partial charge on any atom is 0.223 e. The number of aryl methyl sites for hydroxylation is 1. The van der Waals surface area contributed by atoms with Crippen molar-refractivity contribution in [3.63, 3.8) is 0 Å². The van der Waals surface area contributed by atoms with E-state index in [1.54, 1.807) is 0 Å². The molecule has 2 rings (SSSR count). The van der Waals surface area contributed by atoms with Crippen LogP contribution in [0, 0.1) is 0 Å². The quantitative estimate of drug-likeness (QED) is 0.785. The lowest BCUT2D eigenvalue weighted by atomic mass is 10.1. The van der Waals surface area contributed by atoms with Crippen LogP contribution in [-0.4, -0.2) is 22.9 Å². The molecule has 1 aromatic rings. The molecule has 2 nitrogen and oxygen atoms in total. The first-order chi connectivity index (χ1) is 9.59. The van der Waals surface area contributed by atoms with Gasteiger partial charge in [-0.05, 0) is 44.7 Å². The van der Waals surface area contributed by atoms with Crippen LogP contribution in [0.2, 0.25) is 5.02 Å². The number of halogens is 1. The Hall–Kier alpha value is -1.02. The molecule has 0 bridgehead atoms. The van der Waals surface area contributed by atoms with Gasteiger partial charge in [0.1, 0.15) is 0 Å². The summed E-state index contributed by atoms with van der Waals surface area (Å²) in [7, 11) is 0. The molecule has 0 N–H and O–H groups in total. The number of nitrogens with zero attached hydrogens (tertiary/aromatic N) is 1. The molecule has 3 heteroatoms. The highest BCUT2D eigenvalue weighted by Gasteiger charge is 2.28. The van der Waals surface area contributed by atoms with Gasteiger partial charge >= 0.3 is 0 Å². The third-order valence-electron chi connectivity index (χ3n) is 4.13. The number of rotatable bonds is 5. The van der Waals surface area contributed by atoms with E-state index in [-0.39, 0.29) is 11.9 Å². The van der Waals surface area contributed by atoms with Crippen LogP contribution in [0.25, 0.3) is 0 Å². The predicted octanol–water partition coefficient (Wildman–Crippen LogP) is 4.45. The van der Waals surface area contributed by atoms with Gasteiger partial charge in [0.15, 0.2) is 0 Å². The van der Waals surface area contributed by atoms with Gasteiger partial charge in [0.25, 0.3) is 0 Å². The molecule has 0 spiro atoms. The molecular formula is C17H24ClNO. The van der Waals surface area contributed by atoms with Gasteiger partial charge in [-0.1, -0.05) is 42.6 Å². The number of carbonyl (C=O) groups excluding carboxylic acids is 1. The summed E-state index contributed by atoms with van der Waals surface area (Å²) in [5.74, 6) is 0.270. The van der Waals surface area contributed by atoms with Gasteiger partial charge in [0.05, 0.1) is 0 Å². The number of hydrogen-bond donors (Lipinski definition) is 0. The minimum Gasteiger partial charge on any atom is -0.337 e. The molecule has 0 saturated heterocycles. The highest BCUT2D eigenvalue weighted by Crippen LogP contribution is 2.26. The van der Waals surface area contributed by atoms with Crippen LogP contribution in [-0.2, 0) is 11.2 Å². The fourth-order valence-electron chi connectivity index (χ4n) is 3.17. The summed E-state index contributed by atoms with van der Waals surface area (Å²) in [5.41, 5.74) is 1.07. The van der Waals surface area contributed by atoms with Gasteiger partial charge in [0.2, 0.25) is 5.91 Å². The fourth-order valence-corrected chi connectivity index (χ4v) is 3.40. The Balaban J connectivity index is 1.97. The van der Waals surface area contributed by atoms with E-state index in [1.807, 2.05) is 24.3 Å². The van der Waals surface area contributed by atoms with Gasteiger partial charge in [-0.3, -0.25) is 4.79 Å². The molecule has 0 heterocycles. The minimum atomic E-state index is 0.270. The number of amides is 1. The standard InChI is InChI=1S/C17H24ClNO/c1-13(2)19(15-8-4-5-9-15)17(20)12-11-14-7-3-6-10-16(14)18/h3,6-7,10,13,15H,4-5,8-9,11-12H2,1-2H3. The molecule has 20 heavy (non-hydrogen) atoms. The first kappa shape index (κ1) is 15.4. The van der Waals surface area contributed by atoms with E-state index in [2.05, 4.69) is 18.7 Å². The SMILES string of the molecule is CC(C)N(C(=O)CCc1ccccc1Cl)C1CCCC1. The van der Waals surface area contributed by atoms with Crippen LogP contribution in [0.15, 0.2) is 24.3 Å². The van der Waals surface area contributed by atoms with E-state index < -0.39 is 0 Å². The van der Waals surface area contributed by atoms with E-state index >= 15 is 0 Å². The molecule has 0 aliphatic heterocycles. The van der Waals surface area contributed by atoms with Gasteiger partial charge in [-0.2, -0.15) is 0 Å². The van der Waals surface area contributed by atoms with Crippen molar-refractivity contribution in [2.45, 2.75) is 64.5 Å². The molecule has 1 aromatic carbocycles. The Morgan fingerprint density at radius 2 is 1.95 bits per heavy atom. The summed E-state index contributed by atoms with van der Waals surface area (Å²) in [6.45, 7) is 4.23. The number of hydrogen-bond acceptors (Lipinski definition) is 1. The largest absolute Gasteiger partial charge is 0.337 e. The lowest BCUT2D eigenvalue weighted by molar-refractivity contribution is -0.135. The summed E-state index contributed by atoms with van der Waals surface area (Å²) in [5, 5.41) is 0.761. The van der Waals surface area contributed by atoms with Crippen molar-refractivity contribution in [3.8, 4) is 0 Å². The van der Waals surface area contributed by atoms with Crippen LogP contribution in [0.4, 0.5) is 0 Å². The topological polar surface area (TPSA) is 20.3 Å². The average molecular weight is 294 g/mol. The second-order valence-corrected chi connectivity index (χ2v) is 6.33. The number of benzene rings is 1. The number of carbonyl (C=O) groups is 1. The minimum absolute atomic E-state index is 0.270. The Kier molecular flexibility index (Phi) is 5.47. The van der Waals surface area contributed by atoms with E-state index in [9.17, 15) is 4.79 Å². The van der Waals surface area contributed by atoms with E-state index in [4.69, 9.17) is 11.6 Å². The van der Waals surface area contributed by atoms with Crippen molar-refractivity contribution >= 4 is 17.5 Å². The molecule has 1 aliphatic carbocycles. The monoisotopic (exact) mass is 293 g/mol. The van der Waals surface area contributed by atoms with Crippen LogP contribution >= 0.6 is 11.6 Å². The molecule has 1 aliphatic rings. The molecule has 0 atom stereocenters. The lowest BCUT2D eigenvalue weighted by Crippen LogP contribution is -2.43. The predicted molar refractivity (Wildman–Crippen MR) is 84.0 cm³/mol. The summed E-state index contributed by atoms with van der Waals surface area (Å²) in [4.78, 5) is 14.6. The molecular weight excluding hydrogens is 270 g/mol. The Morgan fingerprint density at radius 3 is 2.55 bits per heavy atom. The summed E-state index contributed by atoms with van der Waals surface area (Å²) < 4.78 is 0. The molecule has 0 radical (unpaired) electrons. The van der Waals surface area contributed by atoms with Crippen molar-refractivity contribution in [3.05, 3.63) is 34.9 Å². The smallest absolute Gasteiger partial charge is 0.223 e. The van der Waals surface area contributed by atoms with Crippen molar-refractivity contribution in [2.24, 2.45) is 0 Å². The third kappa shape index (κ3) is 3.76. The molecule has 1 saturated carbocycles. The Labute approximate surface area is 127 Å². The highest BCUT2D eigenvalue weighted by molar-refractivity contribution is 6.31. The first-order valence-electron chi connectivity index (χ1n) is 7.64. The van der Waals surface area contributed by atoms with Gasteiger partial charge in [-0.15, -0.1) is 0 Å². The zero-order valence-corrected chi connectivity index (χ0v) is 13.2. The van der Waals surface area contributed by atoms with Crippen molar-refractivity contribution in [1.29, 1.82) is 0 Å². The Morgan fingerprint density at radius 1 is 1.30 bits per heavy atom. The second kappa shape index (κ2) is 7.12. The van der Waals surface area contributed by atoms with Crippen LogP contribution in [0.1, 0.15) is 51.5 Å². The lowest BCUT2D eigenvalue weighted by Gasteiger charge is -2.33. The van der Waals surface area contributed by atoms with Crippen LogP contribution in [0.3, 0.4) is 0 Å². The van der Waals surface area contributed by atoms with E-state index in [0.29, 0.717) is 12.5 Å². The second-order valence-electron chi connectivity index (χ2n) is 5.92. The highest BCUT2D eigenvalue weighted by atomic mass is 35.5. The summed E-state index contributed by atoms with van der Waals surface area (Å²) in [6, 6.07) is 8.53. The van der Waals surface area contributed by atoms with Gasteiger partial charge < -0.3 is 4.90 Å².